The average molecular weight is 656 g/mol. The fourth-order valence-corrected chi connectivity index (χ4v) is 7.07. The van der Waals surface area contributed by atoms with Crippen LogP contribution in [0.15, 0.2) is 77.8 Å². The number of hydrogen-bond acceptors (Lipinski definition) is 9. The highest BCUT2D eigenvalue weighted by atomic mass is 32.2. The number of hydrogen-bond donors (Lipinski definition) is 1. The Kier molecular flexibility index (Phi) is 8.79. The molecule has 2 aliphatic rings. The molecule has 14 heteroatoms. The summed E-state index contributed by atoms with van der Waals surface area (Å²) in [5, 5.41) is 2.41. The largest absolute Gasteiger partial charge is 0.473 e. The number of likely N-dealkylation sites (tertiary alicyclic amines) is 1. The summed E-state index contributed by atoms with van der Waals surface area (Å²) in [5.74, 6) is -2.64. The second kappa shape index (κ2) is 12.9. The highest BCUT2D eigenvalue weighted by molar-refractivity contribution is 7.92. The van der Waals surface area contributed by atoms with Crippen LogP contribution in [0.4, 0.5) is 13.9 Å². The van der Waals surface area contributed by atoms with Crippen LogP contribution in [0.3, 0.4) is 0 Å². The van der Waals surface area contributed by atoms with E-state index in [1.165, 1.54) is 30.5 Å². The minimum absolute atomic E-state index is 0.0474. The van der Waals surface area contributed by atoms with Gasteiger partial charge in [0.1, 0.15) is 11.6 Å². The zero-order valence-corrected chi connectivity index (χ0v) is 25.3. The van der Waals surface area contributed by atoms with E-state index in [9.17, 15) is 26.8 Å². The van der Waals surface area contributed by atoms with E-state index in [4.69, 9.17) is 14.2 Å². The van der Waals surface area contributed by atoms with Crippen LogP contribution in [-0.2, 0) is 19.4 Å². The lowest BCUT2D eigenvalue weighted by Gasteiger charge is -2.30. The molecule has 0 bridgehead atoms. The molecule has 2 fully saturated rings. The fourth-order valence-electron chi connectivity index (χ4n) is 4.80. The van der Waals surface area contributed by atoms with E-state index < -0.39 is 38.7 Å². The fraction of sp³-hybridized carbons (Fsp3) is 0.258. The molecule has 234 valence electrons. The predicted molar refractivity (Wildman–Crippen MR) is 160 cm³/mol. The van der Waals surface area contributed by atoms with E-state index in [0.717, 1.165) is 43.0 Å². The highest BCUT2D eigenvalue weighted by Gasteiger charge is 2.32. The van der Waals surface area contributed by atoms with Crippen molar-refractivity contribution >= 4 is 38.1 Å². The molecule has 10 nitrogen and oxygen atoms in total. The third kappa shape index (κ3) is 6.82. The molecule has 2 aliphatic heterocycles. The Morgan fingerprint density at radius 3 is 2.56 bits per heavy atom. The molecule has 2 unspecified atom stereocenters. The van der Waals surface area contributed by atoms with Gasteiger partial charge in [0.15, 0.2) is 26.5 Å². The summed E-state index contributed by atoms with van der Waals surface area (Å²) in [7, 11) is -3.67. The minimum atomic E-state index is -3.67. The quantitative estimate of drug-likeness (QED) is 0.242. The molecule has 0 aliphatic carbocycles. The number of thiazole rings is 1. The van der Waals surface area contributed by atoms with Gasteiger partial charge in [0.25, 0.3) is 11.8 Å². The molecular weight excluding hydrogens is 628 g/mol. The van der Waals surface area contributed by atoms with E-state index in [-0.39, 0.29) is 33.9 Å². The summed E-state index contributed by atoms with van der Waals surface area (Å²) in [5.41, 5.74) is 0.711. The van der Waals surface area contributed by atoms with E-state index in [0.29, 0.717) is 35.5 Å². The van der Waals surface area contributed by atoms with E-state index in [1.54, 1.807) is 29.2 Å². The first-order chi connectivity index (χ1) is 21.7. The van der Waals surface area contributed by atoms with Crippen molar-refractivity contribution in [3.63, 3.8) is 0 Å². The summed E-state index contributed by atoms with van der Waals surface area (Å²) >= 11 is 1.01. The molecular formula is C31H27F2N3O7S2. The van der Waals surface area contributed by atoms with Gasteiger partial charge in [-0.3, -0.25) is 14.9 Å². The molecule has 2 amide bonds. The minimum Gasteiger partial charge on any atom is -0.473 e. The van der Waals surface area contributed by atoms with Crippen LogP contribution < -0.4 is 14.8 Å². The van der Waals surface area contributed by atoms with Gasteiger partial charge >= 0.3 is 0 Å². The van der Waals surface area contributed by atoms with Gasteiger partial charge in [0.2, 0.25) is 11.2 Å². The number of aromatic nitrogens is 1. The van der Waals surface area contributed by atoms with Gasteiger partial charge in [0.05, 0.1) is 22.9 Å². The Labute approximate surface area is 261 Å². The SMILES string of the molecule is O=C(Nc1ncc(Oc2cccc(C(=O)N3CCC3)c2)s1)C(Oc1ccc(F)cc1F)c1ccc(S(=O)(=O)C2CCOC2)cc1. The Morgan fingerprint density at radius 1 is 1.07 bits per heavy atom. The van der Waals surface area contributed by atoms with E-state index in [2.05, 4.69) is 10.3 Å². The maximum absolute atomic E-state index is 14.5. The Hall–Kier alpha value is -4.40. The van der Waals surface area contributed by atoms with Crippen molar-refractivity contribution in [3.05, 3.63) is 95.7 Å². The second-order valence-electron chi connectivity index (χ2n) is 10.4. The van der Waals surface area contributed by atoms with Crippen molar-refractivity contribution in [3.8, 4) is 16.6 Å². The number of amides is 2. The number of nitrogens with one attached hydrogen (secondary N) is 1. The monoisotopic (exact) mass is 655 g/mol. The molecule has 0 radical (unpaired) electrons. The summed E-state index contributed by atoms with van der Waals surface area (Å²) in [6.07, 6.45) is 1.29. The molecule has 3 heterocycles. The van der Waals surface area contributed by atoms with Crippen LogP contribution in [-0.4, -0.2) is 61.7 Å². The molecule has 4 aromatic rings. The van der Waals surface area contributed by atoms with Crippen molar-refractivity contribution in [2.45, 2.75) is 29.1 Å². The zero-order chi connectivity index (χ0) is 31.6. The Balaban J connectivity index is 1.20. The average Bonchev–Trinajstić information content (AvgIpc) is 3.69. The summed E-state index contributed by atoms with van der Waals surface area (Å²) in [6, 6.07) is 14.9. The van der Waals surface area contributed by atoms with Crippen LogP contribution in [0.5, 0.6) is 16.6 Å². The molecule has 1 N–H and O–H groups in total. The van der Waals surface area contributed by atoms with Gasteiger partial charge in [-0.05, 0) is 55.3 Å². The number of carbonyl (C=O) groups is 2. The maximum atomic E-state index is 14.5. The molecule has 0 spiro atoms. The molecule has 3 aromatic carbocycles. The van der Waals surface area contributed by atoms with Crippen LogP contribution >= 0.6 is 11.3 Å². The van der Waals surface area contributed by atoms with Crippen LogP contribution in [0.2, 0.25) is 0 Å². The topological polar surface area (TPSA) is 124 Å². The maximum Gasteiger partial charge on any atom is 0.271 e. The predicted octanol–water partition coefficient (Wildman–Crippen LogP) is 5.38. The first-order valence-corrected chi connectivity index (χ1v) is 16.4. The number of halogens is 2. The first kappa shape index (κ1) is 30.6. The number of sulfone groups is 1. The van der Waals surface area contributed by atoms with Crippen molar-refractivity contribution in [1.29, 1.82) is 0 Å². The van der Waals surface area contributed by atoms with Gasteiger partial charge in [-0.15, -0.1) is 0 Å². The zero-order valence-electron chi connectivity index (χ0n) is 23.7. The molecule has 2 atom stereocenters. The van der Waals surface area contributed by atoms with E-state index >= 15 is 0 Å². The van der Waals surface area contributed by atoms with Gasteiger partial charge in [0, 0.05) is 36.9 Å². The number of ether oxygens (including phenoxy) is 3. The van der Waals surface area contributed by atoms with Crippen LogP contribution in [0, 0.1) is 11.6 Å². The Bertz CT molecular complexity index is 1820. The Morgan fingerprint density at radius 2 is 1.87 bits per heavy atom. The second-order valence-corrected chi connectivity index (χ2v) is 13.6. The number of nitrogens with zero attached hydrogens (tertiary/aromatic N) is 2. The molecule has 2 saturated heterocycles. The van der Waals surface area contributed by atoms with Gasteiger partial charge in [-0.2, -0.15) is 0 Å². The number of anilines is 1. The third-order valence-corrected chi connectivity index (χ3v) is 10.3. The molecule has 6 rings (SSSR count). The summed E-state index contributed by atoms with van der Waals surface area (Å²) in [6.45, 7) is 1.90. The van der Waals surface area contributed by atoms with Crippen LogP contribution in [0.25, 0.3) is 0 Å². The van der Waals surface area contributed by atoms with Gasteiger partial charge in [-0.25, -0.2) is 22.2 Å². The lowest BCUT2D eigenvalue weighted by molar-refractivity contribution is -0.123. The summed E-state index contributed by atoms with van der Waals surface area (Å²) < 4.78 is 70.8. The first-order valence-electron chi connectivity index (χ1n) is 14.0. The summed E-state index contributed by atoms with van der Waals surface area (Å²) in [4.78, 5) is 32.0. The van der Waals surface area contributed by atoms with Gasteiger partial charge in [-0.1, -0.05) is 29.5 Å². The van der Waals surface area contributed by atoms with Crippen molar-refractivity contribution in [1.82, 2.24) is 9.88 Å². The lowest BCUT2D eigenvalue weighted by Crippen LogP contribution is -2.41. The van der Waals surface area contributed by atoms with Gasteiger partial charge < -0.3 is 19.1 Å². The normalized spacial score (nSPS) is 16.9. The smallest absolute Gasteiger partial charge is 0.271 e. The van der Waals surface area contributed by atoms with Crippen molar-refractivity contribution < 1.29 is 41.0 Å². The molecule has 1 aromatic heterocycles. The molecule has 45 heavy (non-hydrogen) atoms. The lowest BCUT2D eigenvalue weighted by atomic mass is 10.1. The van der Waals surface area contributed by atoms with Crippen molar-refractivity contribution in [2.75, 3.05) is 31.6 Å². The van der Waals surface area contributed by atoms with Crippen molar-refractivity contribution in [2.24, 2.45) is 0 Å². The van der Waals surface area contributed by atoms with Crippen LogP contribution in [0.1, 0.15) is 34.9 Å². The number of carbonyl (C=O) groups excluding carboxylic acids is 2. The number of rotatable bonds is 10. The molecule has 0 saturated carbocycles. The highest BCUT2D eigenvalue weighted by Crippen LogP contribution is 2.33. The standard InChI is InChI=1S/C31H27F2N3O7S2/c32-21-7-10-26(25(33)16-21)43-28(19-5-8-23(9-6-19)45(39,40)24-11-14-41-18-24)29(37)35-31-34-17-27(44-31)42-22-4-1-3-20(15-22)30(38)36-12-2-13-36/h1,3-10,15-17,24,28H,2,11-14,18H2,(H,34,35,37). The van der Waals surface area contributed by atoms with E-state index in [1.807, 2.05) is 0 Å². The number of benzene rings is 3. The third-order valence-electron chi connectivity index (χ3n) is 7.37.